The maximum Gasteiger partial charge on any atom is 0.333 e. The van der Waals surface area contributed by atoms with Gasteiger partial charge in [-0.1, -0.05) is 0 Å². The van der Waals surface area contributed by atoms with Gasteiger partial charge in [-0.2, -0.15) is 0 Å². The highest BCUT2D eigenvalue weighted by molar-refractivity contribution is 6.13. The van der Waals surface area contributed by atoms with Gasteiger partial charge in [-0.25, -0.2) is 4.79 Å². The SMILES string of the molecule is CCOC(=O)/C=C1/Nc2cc(C)c(C)cc2NC1=O. The summed E-state index contributed by atoms with van der Waals surface area (Å²) in [5.74, 6) is -0.878. The van der Waals surface area contributed by atoms with Crippen LogP contribution in [0, 0.1) is 13.8 Å². The van der Waals surface area contributed by atoms with Crippen LogP contribution in [0.5, 0.6) is 0 Å². The van der Waals surface area contributed by atoms with Gasteiger partial charge in [0.25, 0.3) is 5.91 Å². The molecule has 5 heteroatoms. The first-order valence-electron chi connectivity index (χ1n) is 6.09. The summed E-state index contributed by atoms with van der Waals surface area (Å²) in [6.45, 7) is 5.96. The summed E-state index contributed by atoms with van der Waals surface area (Å²) in [7, 11) is 0. The summed E-state index contributed by atoms with van der Waals surface area (Å²) < 4.78 is 4.79. The number of hydrogen-bond acceptors (Lipinski definition) is 4. The molecule has 19 heavy (non-hydrogen) atoms. The van der Waals surface area contributed by atoms with Crippen LogP contribution in [0.4, 0.5) is 11.4 Å². The van der Waals surface area contributed by atoms with Crippen molar-refractivity contribution >= 4 is 23.3 Å². The zero-order valence-electron chi connectivity index (χ0n) is 11.2. The van der Waals surface area contributed by atoms with E-state index in [2.05, 4.69) is 10.6 Å². The highest BCUT2D eigenvalue weighted by Gasteiger charge is 2.21. The standard InChI is InChI=1S/C14H16N2O3/c1-4-19-13(17)7-12-14(18)16-11-6-9(3)8(2)5-10(11)15-12/h5-7,15H,4H2,1-3H3,(H,16,18)/b12-7+. The molecule has 1 heterocycles. The van der Waals surface area contributed by atoms with E-state index in [1.54, 1.807) is 6.92 Å². The minimum Gasteiger partial charge on any atom is -0.463 e. The Morgan fingerprint density at radius 1 is 1.21 bits per heavy atom. The molecule has 5 nitrogen and oxygen atoms in total. The molecule has 0 atom stereocenters. The number of carbonyl (C=O) groups is 2. The summed E-state index contributed by atoms with van der Waals surface area (Å²) in [6, 6.07) is 3.83. The number of esters is 1. The third kappa shape index (κ3) is 2.76. The molecule has 2 rings (SSSR count). The molecule has 0 saturated carbocycles. The molecule has 0 aromatic heterocycles. The molecule has 0 unspecified atom stereocenters. The number of amides is 1. The zero-order chi connectivity index (χ0) is 14.0. The second-order valence-corrected chi connectivity index (χ2v) is 4.37. The second-order valence-electron chi connectivity index (χ2n) is 4.37. The minimum atomic E-state index is -0.535. The van der Waals surface area contributed by atoms with Gasteiger partial charge in [0.05, 0.1) is 24.1 Å². The summed E-state index contributed by atoms with van der Waals surface area (Å²) in [4.78, 5) is 23.2. The van der Waals surface area contributed by atoms with Gasteiger partial charge >= 0.3 is 5.97 Å². The first-order chi connectivity index (χ1) is 9.01. The van der Waals surface area contributed by atoms with Gasteiger partial charge in [0.1, 0.15) is 5.70 Å². The van der Waals surface area contributed by atoms with Crippen LogP contribution >= 0.6 is 0 Å². The molecular weight excluding hydrogens is 244 g/mol. The van der Waals surface area contributed by atoms with Crippen LogP contribution in [-0.2, 0) is 14.3 Å². The van der Waals surface area contributed by atoms with Gasteiger partial charge < -0.3 is 15.4 Å². The molecule has 0 aliphatic carbocycles. The number of carbonyl (C=O) groups excluding carboxylic acids is 2. The molecule has 0 bridgehead atoms. The lowest BCUT2D eigenvalue weighted by Gasteiger charge is -2.22. The third-order valence-corrected chi connectivity index (χ3v) is 2.94. The smallest absolute Gasteiger partial charge is 0.333 e. The maximum absolute atomic E-state index is 11.8. The van der Waals surface area contributed by atoms with E-state index in [0.29, 0.717) is 5.69 Å². The molecule has 1 amide bonds. The van der Waals surface area contributed by atoms with Crippen LogP contribution in [0.3, 0.4) is 0 Å². The van der Waals surface area contributed by atoms with Crippen LogP contribution < -0.4 is 10.6 Å². The van der Waals surface area contributed by atoms with E-state index < -0.39 is 5.97 Å². The molecule has 0 fully saturated rings. The summed E-state index contributed by atoms with van der Waals surface area (Å²) in [5, 5.41) is 5.70. The maximum atomic E-state index is 11.8. The highest BCUT2D eigenvalue weighted by Crippen LogP contribution is 2.30. The van der Waals surface area contributed by atoms with Crippen LogP contribution in [0.2, 0.25) is 0 Å². The molecular formula is C14H16N2O3. The highest BCUT2D eigenvalue weighted by atomic mass is 16.5. The Labute approximate surface area is 111 Å². The van der Waals surface area contributed by atoms with Gasteiger partial charge in [-0.05, 0) is 44.0 Å². The Morgan fingerprint density at radius 3 is 2.37 bits per heavy atom. The average molecular weight is 260 g/mol. The number of benzene rings is 1. The molecule has 100 valence electrons. The minimum absolute atomic E-state index is 0.189. The quantitative estimate of drug-likeness (QED) is 0.631. The number of anilines is 2. The van der Waals surface area contributed by atoms with E-state index in [1.165, 1.54) is 0 Å². The predicted octanol–water partition coefficient (Wildman–Crippen LogP) is 2.11. The lowest BCUT2D eigenvalue weighted by molar-refractivity contribution is -0.137. The van der Waals surface area contributed by atoms with Crippen LogP contribution in [-0.4, -0.2) is 18.5 Å². The largest absolute Gasteiger partial charge is 0.463 e. The summed E-state index contributed by atoms with van der Waals surface area (Å²) in [5.41, 5.74) is 3.89. The van der Waals surface area contributed by atoms with E-state index in [4.69, 9.17) is 4.74 Å². The second kappa shape index (κ2) is 5.14. The van der Waals surface area contributed by atoms with Gasteiger partial charge in [0.2, 0.25) is 0 Å². The van der Waals surface area contributed by atoms with E-state index >= 15 is 0 Å². The monoisotopic (exact) mass is 260 g/mol. The Kier molecular flexibility index (Phi) is 3.55. The topological polar surface area (TPSA) is 67.4 Å². The number of hydrogen-bond donors (Lipinski definition) is 2. The first-order valence-corrected chi connectivity index (χ1v) is 6.09. The number of ether oxygens (including phenoxy) is 1. The zero-order valence-corrected chi connectivity index (χ0v) is 11.2. The van der Waals surface area contributed by atoms with Crippen molar-refractivity contribution in [1.29, 1.82) is 0 Å². The van der Waals surface area contributed by atoms with Crippen molar-refractivity contribution in [2.75, 3.05) is 17.2 Å². The number of fused-ring (bicyclic) bond motifs is 1. The van der Waals surface area contributed by atoms with E-state index in [9.17, 15) is 9.59 Å². The van der Waals surface area contributed by atoms with E-state index in [0.717, 1.165) is 22.9 Å². The van der Waals surface area contributed by atoms with Gasteiger partial charge in [-0.15, -0.1) is 0 Å². The van der Waals surface area contributed by atoms with Crippen LogP contribution in [0.25, 0.3) is 0 Å². The lowest BCUT2D eigenvalue weighted by Crippen LogP contribution is -2.26. The van der Waals surface area contributed by atoms with E-state index in [1.807, 2.05) is 26.0 Å². The Bertz CT molecular complexity index is 576. The molecule has 0 spiro atoms. The molecule has 1 aromatic carbocycles. The van der Waals surface area contributed by atoms with Crippen LogP contribution in [0.1, 0.15) is 18.1 Å². The van der Waals surface area contributed by atoms with Gasteiger partial charge in [0, 0.05) is 0 Å². The van der Waals surface area contributed by atoms with Crippen molar-refractivity contribution in [3.05, 3.63) is 35.0 Å². The lowest BCUT2D eigenvalue weighted by atomic mass is 10.1. The number of rotatable bonds is 2. The summed E-state index contributed by atoms with van der Waals surface area (Å²) in [6.07, 6.45) is 1.16. The number of aryl methyl sites for hydroxylation is 2. The Morgan fingerprint density at radius 2 is 1.79 bits per heavy atom. The Balaban J connectivity index is 2.31. The van der Waals surface area contributed by atoms with Crippen molar-refractivity contribution in [3.63, 3.8) is 0 Å². The van der Waals surface area contributed by atoms with Gasteiger partial charge in [0.15, 0.2) is 0 Å². The van der Waals surface area contributed by atoms with Crippen molar-refractivity contribution < 1.29 is 14.3 Å². The predicted molar refractivity (Wildman–Crippen MR) is 72.9 cm³/mol. The molecule has 1 aliphatic rings. The molecule has 0 radical (unpaired) electrons. The molecule has 1 aliphatic heterocycles. The third-order valence-electron chi connectivity index (χ3n) is 2.94. The Hall–Kier alpha value is -2.30. The normalized spacial score (nSPS) is 15.5. The fourth-order valence-electron chi connectivity index (χ4n) is 1.82. The van der Waals surface area contributed by atoms with E-state index in [-0.39, 0.29) is 18.2 Å². The first kappa shape index (κ1) is 13.1. The average Bonchev–Trinajstić information content (AvgIpc) is 2.33. The molecule has 1 aromatic rings. The fourth-order valence-corrected chi connectivity index (χ4v) is 1.82. The van der Waals surface area contributed by atoms with Crippen molar-refractivity contribution in [1.82, 2.24) is 0 Å². The fraction of sp³-hybridized carbons (Fsp3) is 0.286. The van der Waals surface area contributed by atoms with Crippen molar-refractivity contribution in [2.45, 2.75) is 20.8 Å². The number of nitrogens with one attached hydrogen (secondary N) is 2. The van der Waals surface area contributed by atoms with Crippen LogP contribution in [0.15, 0.2) is 23.9 Å². The molecule has 2 N–H and O–H groups in total. The van der Waals surface area contributed by atoms with Crippen molar-refractivity contribution in [3.8, 4) is 0 Å². The van der Waals surface area contributed by atoms with Gasteiger partial charge in [-0.3, -0.25) is 4.79 Å². The summed E-state index contributed by atoms with van der Waals surface area (Å²) >= 11 is 0. The van der Waals surface area contributed by atoms with Crippen molar-refractivity contribution in [2.24, 2.45) is 0 Å². The molecule has 0 saturated heterocycles.